The van der Waals surface area contributed by atoms with Crippen LogP contribution in [-0.4, -0.2) is 16.1 Å². The molecule has 3 aromatic carbocycles. The van der Waals surface area contributed by atoms with E-state index in [-0.39, 0.29) is 5.91 Å². The zero-order valence-corrected chi connectivity index (χ0v) is 16.4. The Morgan fingerprint density at radius 1 is 0.964 bits per heavy atom. The number of carbonyl (C=O) groups excluding carboxylic acids is 1. The van der Waals surface area contributed by atoms with Crippen LogP contribution < -0.4 is 10.6 Å². The lowest BCUT2D eigenvalue weighted by atomic mass is 10.0. The Bertz CT molecular complexity index is 1110. The van der Waals surface area contributed by atoms with Crippen LogP contribution in [0.4, 0.5) is 10.8 Å². The third-order valence-electron chi connectivity index (χ3n) is 4.23. The number of nitrogens with zero attached hydrogens (tertiary/aromatic N) is 2. The molecule has 0 aliphatic rings. The fourth-order valence-corrected chi connectivity index (χ4v) is 3.73. The third kappa shape index (κ3) is 4.47. The van der Waals surface area contributed by atoms with E-state index in [1.54, 1.807) is 0 Å². The first-order chi connectivity index (χ1) is 13.7. The first-order valence-electron chi connectivity index (χ1n) is 8.76. The fraction of sp³-hybridized carbons (Fsp3) is 0.0952. The first-order valence-corrected chi connectivity index (χ1v) is 9.95. The van der Waals surface area contributed by atoms with Gasteiger partial charge in [0.1, 0.15) is 5.01 Å². The Balaban J connectivity index is 1.36. The zero-order chi connectivity index (χ0) is 19.3. The maximum Gasteiger partial charge on any atom is 0.230 e. The van der Waals surface area contributed by atoms with Gasteiger partial charge in [-0.15, -0.1) is 10.2 Å². The quantitative estimate of drug-likeness (QED) is 0.463. The van der Waals surface area contributed by atoms with E-state index < -0.39 is 0 Å². The van der Waals surface area contributed by atoms with E-state index in [9.17, 15) is 4.79 Å². The van der Waals surface area contributed by atoms with Crippen LogP contribution in [0.25, 0.3) is 10.8 Å². The normalized spacial score (nSPS) is 10.8. The molecule has 4 aromatic rings. The molecule has 1 amide bonds. The second kappa shape index (κ2) is 8.37. The molecule has 0 aliphatic heterocycles. The van der Waals surface area contributed by atoms with Gasteiger partial charge in [-0.2, -0.15) is 0 Å². The summed E-state index contributed by atoms with van der Waals surface area (Å²) in [5.41, 5.74) is 1.94. The van der Waals surface area contributed by atoms with E-state index in [1.165, 1.54) is 11.3 Å². The number of amides is 1. The lowest BCUT2D eigenvalue weighted by Gasteiger charge is -2.06. The Morgan fingerprint density at radius 3 is 2.61 bits per heavy atom. The van der Waals surface area contributed by atoms with E-state index in [2.05, 4.69) is 20.8 Å². The van der Waals surface area contributed by atoms with Crippen molar-refractivity contribution in [2.75, 3.05) is 10.6 Å². The van der Waals surface area contributed by atoms with E-state index in [0.717, 1.165) is 27.0 Å². The van der Waals surface area contributed by atoms with Crippen LogP contribution in [0.15, 0.2) is 66.7 Å². The summed E-state index contributed by atoms with van der Waals surface area (Å²) in [6, 6.07) is 21.5. The lowest BCUT2D eigenvalue weighted by Crippen LogP contribution is -2.14. The highest BCUT2D eigenvalue weighted by Crippen LogP contribution is 2.21. The number of nitrogens with one attached hydrogen (secondary N) is 2. The van der Waals surface area contributed by atoms with Gasteiger partial charge >= 0.3 is 0 Å². The molecule has 0 bridgehead atoms. The molecule has 7 heteroatoms. The molecule has 0 radical (unpaired) electrons. The van der Waals surface area contributed by atoms with Gasteiger partial charge in [0.15, 0.2) is 0 Å². The number of hydrogen-bond acceptors (Lipinski definition) is 5. The van der Waals surface area contributed by atoms with E-state index in [1.807, 2.05) is 66.7 Å². The average molecular weight is 409 g/mol. The van der Waals surface area contributed by atoms with E-state index in [4.69, 9.17) is 11.6 Å². The first kappa shape index (κ1) is 18.4. The summed E-state index contributed by atoms with van der Waals surface area (Å²) in [4.78, 5) is 12.4. The molecule has 140 valence electrons. The summed E-state index contributed by atoms with van der Waals surface area (Å²) in [6.45, 7) is 0.526. The van der Waals surface area contributed by atoms with E-state index >= 15 is 0 Å². The smallest absolute Gasteiger partial charge is 0.230 e. The minimum Gasteiger partial charge on any atom is -0.378 e. The highest BCUT2D eigenvalue weighted by Gasteiger charge is 2.11. The standard InChI is InChI=1S/C21H17ClN4OS/c22-16-8-10-17(11-9-16)23-13-20-25-26-21(28-20)24-19(27)12-15-6-3-5-14-4-1-2-7-18(14)15/h1-11,23H,12-13H2,(H,24,26,27). The van der Waals surface area contributed by atoms with Crippen LogP contribution in [0.1, 0.15) is 10.6 Å². The van der Waals surface area contributed by atoms with Gasteiger partial charge in [-0.1, -0.05) is 65.4 Å². The zero-order valence-electron chi connectivity index (χ0n) is 14.9. The van der Waals surface area contributed by atoms with Gasteiger partial charge in [-0.3, -0.25) is 4.79 Å². The SMILES string of the molecule is O=C(Cc1cccc2ccccc12)Nc1nnc(CNc2ccc(Cl)cc2)s1. The predicted octanol–water partition coefficient (Wildman–Crippen LogP) is 5.14. The average Bonchev–Trinajstić information content (AvgIpc) is 3.15. The number of anilines is 2. The van der Waals surface area contributed by atoms with Crippen LogP contribution in [0, 0.1) is 0 Å². The molecular weight excluding hydrogens is 392 g/mol. The van der Waals surface area contributed by atoms with Crippen molar-refractivity contribution in [3.05, 3.63) is 82.3 Å². The Labute approximate surface area is 171 Å². The van der Waals surface area contributed by atoms with Gasteiger partial charge < -0.3 is 10.6 Å². The van der Waals surface area contributed by atoms with Crippen molar-refractivity contribution in [3.63, 3.8) is 0 Å². The van der Waals surface area contributed by atoms with Gasteiger partial charge in [0.05, 0.1) is 13.0 Å². The highest BCUT2D eigenvalue weighted by molar-refractivity contribution is 7.15. The largest absolute Gasteiger partial charge is 0.378 e. The van der Waals surface area contributed by atoms with Crippen molar-refractivity contribution in [2.45, 2.75) is 13.0 Å². The molecular formula is C21H17ClN4OS. The topological polar surface area (TPSA) is 66.9 Å². The molecule has 0 aliphatic carbocycles. The monoisotopic (exact) mass is 408 g/mol. The second-order valence-electron chi connectivity index (χ2n) is 6.22. The Morgan fingerprint density at radius 2 is 1.75 bits per heavy atom. The number of hydrogen-bond donors (Lipinski definition) is 2. The summed E-state index contributed by atoms with van der Waals surface area (Å²) in [7, 11) is 0. The molecule has 4 rings (SSSR count). The van der Waals surface area contributed by atoms with Crippen molar-refractivity contribution in [2.24, 2.45) is 0 Å². The summed E-state index contributed by atoms with van der Waals surface area (Å²) in [5, 5.41) is 18.5. The molecule has 2 N–H and O–H groups in total. The summed E-state index contributed by atoms with van der Waals surface area (Å²) >= 11 is 7.24. The lowest BCUT2D eigenvalue weighted by molar-refractivity contribution is -0.115. The van der Waals surface area contributed by atoms with Crippen LogP contribution >= 0.6 is 22.9 Å². The second-order valence-corrected chi connectivity index (χ2v) is 7.72. The van der Waals surface area contributed by atoms with Crippen molar-refractivity contribution < 1.29 is 4.79 Å². The van der Waals surface area contributed by atoms with Gasteiger partial charge in [0.25, 0.3) is 0 Å². The maximum atomic E-state index is 12.4. The van der Waals surface area contributed by atoms with Crippen LogP contribution in [0.5, 0.6) is 0 Å². The summed E-state index contributed by atoms with van der Waals surface area (Å²) < 4.78 is 0. The van der Waals surface area contributed by atoms with Gasteiger partial charge in [-0.05, 0) is 40.6 Å². The Hall–Kier alpha value is -2.96. The molecule has 1 aromatic heterocycles. The molecule has 0 saturated carbocycles. The number of benzene rings is 3. The number of carbonyl (C=O) groups is 1. The van der Waals surface area contributed by atoms with Crippen molar-refractivity contribution >= 4 is 50.4 Å². The van der Waals surface area contributed by atoms with Crippen molar-refractivity contribution in [3.8, 4) is 0 Å². The predicted molar refractivity (Wildman–Crippen MR) is 115 cm³/mol. The number of halogens is 1. The van der Waals surface area contributed by atoms with Gasteiger partial charge in [0.2, 0.25) is 11.0 Å². The fourth-order valence-electron chi connectivity index (χ4n) is 2.90. The van der Waals surface area contributed by atoms with Crippen LogP contribution in [-0.2, 0) is 17.8 Å². The van der Waals surface area contributed by atoms with Gasteiger partial charge in [0, 0.05) is 10.7 Å². The van der Waals surface area contributed by atoms with Crippen molar-refractivity contribution in [1.82, 2.24) is 10.2 Å². The molecule has 1 heterocycles. The van der Waals surface area contributed by atoms with E-state index in [0.29, 0.717) is 23.1 Å². The molecule has 0 unspecified atom stereocenters. The molecule has 0 spiro atoms. The van der Waals surface area contributed by atoms with Crippen LogP contribution in [0.2, 0.25) is 5.02 Å². The third-order valence-corrected chi connectivity index (χ3v) is 5.32. The minimum atomic E-state index is -0.107. The number of aromatic nitrogens is 2. The maximum absolute atomic E-state index is 12.4. The minimum absolute atomic E-state index is 0.107. The molecule has 0 fully saturated rings. The van der Waals surface area contributed by atoms with Gasteiger partial charge in [-0.25, -0.2) is 0 Å². The molecule has 28 heavy (non-hydrogen) atoms. The molecule has 5 nitrogen and oxygen atoms in total. The molecule has 0 atom stereocenters. The van der Waals surface area contributed by atoms with Crippen molar-refractivity contribution in [1.29, 1.82) is 0 Å². The number of rotatable bonds is 6. The Kier molecular flexibility index (Phi) is 5.50. The summed E-state index contributed by atoms with van der Waals surface area (Å²) in [5.74, 6) is -0.107. The number of fused-ring (bicyclic) bond motifs is 1. The summed E-state index contributed by atoms with van der Waals surface area (Å²) in [6.07, 6.45) is 0.291. The van der Waals surface area contributed by atoms with Crippen LogP contribution in [0.3, 0.4) is 0 Å². The molecule has 0 saturated heterocycles. The highest BCUT2D eigenvalue weighted by atomic mass is 35.5.